The number of hydrogen-bond donors (Lipinski definition) is 2. The van der Waals surface area contributed by atoms with Crippen LogP contribution >= 0.6 is 0 Å². The second-order valence-corrected chi connectivity index (χ2v) is 4.53. The average molecular weight is 185 g/mol. The van der Waals surface area contributed by atoms with E-state index < -0.39 is 5.60 Å². The molecule has 1 heterocycles. The van der Waals surface area contributed by atoms with Crippen LogP contribution in [0.2, 0.25) is 0 Å². The van der Waals surface area contributed by atoms with E-state index in [1.165, 1.54) is 0 Å². The maximum atomic E-state index is 9.97. The van der Waals surface area contributed by atoms with Gasteiger partial charge in [0.05, 0.1) is 5.60 Å². The molecule has 3 heteroatoms. The van der Waals surface area contributed by atoms with Crippen molar-refractivity contribution in [2.75, 3.05) is 13.2 Å². The van der Waals surface area contributed by atoms with Crippen molar-refractivity contribution < 1.29 is 9.84 Å². The van der Waals surface area contributed by atoms with Crippen molar-refractivity contribution in [3.05, 3.63) is 0 Å². The Morgan fingerprint density at radius 3 is 2.77 bits per heavy atom. The Hall–Kier alpha value is -0.120. The number of aliphatic hydroxyl groups is 1. The highest BCUT2D eigenvalue weighted by Gasteiger charge is 2.41. The normalized spacial score (nSPS) is 34.2. The minimum Gasteiger partial charge on any atom is -0.388 e. The first kappa shape index (κ1) is 9.44. The lowest BCUT2D eigenvalue weighted by atomic mass is 9.72. The van der Waals surface area contributed by atoms with Crippen LogP contribution in [0.4, 0.5) is 0 Å². The summed E-state index contributed by atoms with van der Waals surface area (Å²) < 4.78 is 5.29. The molecule has 2 atom stereocenters. The van der Waals surface area contributed by atoms with Gasteiger partial charge in [0, 0.05) is 19.3 Å². The SMILES string of the molecule is NC(CC1CCOC1)C1(O)CCC1. The molecule has 0 aromatic heterocycles. The Labute approximate surface area is 79.3 Å². The Morgan fingerprint density at radius 1 is 1.54 bits per heavy atom. The molecule has 2 rings (SSSR count). The summed E-state index contributed by atoms with van der Waals surface area (Å²) in [5, 5.41) is 9.97. The van der Waals surface area contributed by atoms with Crippen molar-refractivity contribution in [2.45, 2.75) is 43.7 Å². The minimum absolute atomic E-state index is 0.0343. The number of hydrogen-bond acceptors (Lipinski definition) is 3. The largest absolute Gasteiger partial charge is 0.388 e. The van der Waals surface area contributed by atoms with Crippen LogP contribution in [0.3, 0.4) is 0 Å². The molecule has 2 unspecified atom stereocenters. The van der Waals surface area contributed by atoms with Gasteiger partial charge in [0.15, 0.2) is 0 Å². The molecular weight excluding hydrogens is 166 g/mol. The van der Waals surface area contributed by atoms with Gasteiger partial charge in [-0.2, -0.15) is 0 Å². The van der Waals surface area contributed by atoms with Crippen molar-refractivity contribution in [3.8, 4) is 0 Å². The zero-order valence-electron chi connectivity index (χ0n) is 8.04. The average Bonchev–Trinajstić information content (AvgIpc) is 2.52. The molecule has 1 aliphatic carbocycles. The molecule has 13 heavy (non-hydrogen) atoms. The summed E-state index contributed by atoms with van der Waals surface area (Å²) in [6.45, 7) is 1.71. The summed E-state index contributed by atoms with van der Waals surface area (Å²) in [7, 11) is 0. The summed E-state index contributed by atoms with van der Waals surface area (Å²) in [6, 6.07) is -0.0343. The molecule has 2 fully saturated rings. The van der Waals surface area contributed by atoms with Crippen LogP contribution in [0.1, 0.15) is 32.1 Å². The highest BCUT2D eigenvalue weighted by atomic mass is 16.5. The third kappa shape index (κ3) is 1.87. The van der Waals surface area contributed by atoms with Crippen molar-refractivity contribution >= 4 is 0 Å². The monoisotopic (exact) mass is 185 g/mol. The molecule has 0 aromatic carbocycles. The van der Waals surface area contributed by atoms with E-state index in [-0.39, 0.29) is 6.04 Å². The van der Waals surface area contributed by atoms with Crippen LogP contribution in [-0.4, -0.2) is 30.0 Å². The molecule has 0 spiro atoms. The summed E-state index contributed by atoms with van der Waals surface area (Å²) in [5.41, 5.74) is 5.45. The van der Waals surface area contributed by atoms with Gasteiger partial charge in [-0.05, 0) is 38.0 Å². The fourth-order valence-corrected chi connectivity index (χ4v) is 2.26. The third-order valence-electron chi connectivity index (χ3n) is 3.52. The fraction of sp³-hybridized carbons (Fsp3) is 1.00. The quantitative estimate of drug-likeness (QED) is 0.679. The Bertz CT molecular complexity index is 174. The zero-order chi connectivity index (χ0) is 9.31. The van der Waals surface area contributed by atoms with Crippen molar-refractivity contribution in [1.29, 1.82) is 0 Å². The molecule has 2 aliphatic rings. The zero-order valence-corrected chi connectivity index (χ0v) is 8.04. The second-order valence-electron chi connectivity index (χ2n) is 4.53. The van der Waals surface area contributed by atoms with E-state index >= 15 is 0 Å². The van der Waals surface area contributed by atoms with E-state index in [0.717, 1.165) is 45.3 Å². The van der Waals surface area contributed by atoms with Crippen LogP contribution in [0.25, 0.3) is 0 Å². The summed E-state index contributed by atoms with van der Waals surface area (Å²) in [6.07, 6.45) is 4.95. The molecule has 3 nitrogen and oxygen atoms in total. The van der Waals surface area contributed by atoms with Crippen LogP contribution in [0.15, 0.2) is 0 Å². The molecule has 1 saturated heterocycles. The lowest BCUT2D eigenvalue weighted by Crippen LogP contribution is -2.53. The Morgan fingerprint density at radius 2 is 2.31 bits per heavy atom. The molecule has 1 aliphatic heterocycles. The molecule has 1 saturated carbocycles. The highest BCUT2D eigenvalue weighted by Crippen LogP contribution is 2.36. The van der Waals surface area contributed by atoms with E-state index in [4.69, 9.17) is 10.5 Å². The second kappa shape index (κ2) is 3.56. The van der Waals surface area contributed by atoms with Gasteiger partial charge < -0.3 is 15.6 Å². The van der Waals surface area contributed by atoms with Gasteiger partial charge in [0.25, 0.3) is 0 Å². The molecule has 0 bridgehead atoms. The van der Waals surface area contributed by atoms with Crippen LogP contribution in [0.5, 0.6) is 0 Å². The highest BCUT2D eigenvalue weighted by molar-refractivity contribution is 4.97. The first-order valence-corrected chi connectivity index (χ1v) is 5.26. The van der Waals surface area contributed by atoms with E-state index in [0.29, 0.717) is 5.92 Å². The first-order valence-electron chi connectivity index (χ1n) is 5.26. The van der Waals surface area contributed by atoms with Gasteiger partial charge in [0.1, 0.15) is 0 Å². The Kier molecular flexibility index (Phi) is 2.58. The fourth-order valence-electron chi connectivity index (χ4n) is 2.26. The lowest BCUT2D eigenvalue weighted by molar-refractivity contribution is -0.0601. The van der Waals surface area contributed by atoms with E-state index in [1.54, 1.807) is 0 Å². The van der Waals surface area contributed by atoms with Crippen LogP contribution in [0, 0.1) is 5.92 Å². The van der Waals surface area contributed by atoms with Crippen molar-refractivity contribution in [2.24, 2.45) is 11.7 Å². The van der Waals surface area contributed by atoms with Gasteiger partial charge in [-0.1, -0.05) is 0 Å². The predicted molar refractivity (Wildman–Crippen MR) is 50.3 cm³/mol. The molecule has 0 amide bonds. The summed E-state index contributed by atoms with van der Waals surface area (Å²) in [4.78, 5) is 0. The summed E-state index contributed by atoms with van der Waals surface area (Å²) in [5.74, 6) is 0.583. The molecule has 3 N–H and O–H groups in total. The predicted octanol–water partition coefficient (Wildman–Crippen LogP) is 0.655. The smallest absolute Gasteiger partial charge is 0.0798 e. The molecule has 0 radical (unpaired) electrons. The molecule has 76 valence electrons. The van der Waals surface area contributed by atoms with Gasteiger partial charge in [-0.15, -0.1) is 0 Å². The Balaban J connectivity index is 1.79. The van der Waals surface area contributed by atoms with Gasteiger partial charge in [0.2, 0.25) is 0 Å². The van der Waals surface area contributed by atoms with Gasteiger partial charge in [-0.25, -0.2) is 0 Å². The standard InChI is InChI=1S/C10H19NO2/c11-9(10(12)3-1-4-10)6-8-2-5-13-7-8/h8-9,12H,1-7,11H2. The van der Waals surface area contributed by atoms with Crippen molar-refractivity contribution in [3.63, 3.8) is 0 Å². The number of ether oxygens (including phenoxy) is 1. The van der Waals surface area contributed by atoms with Crippen LogP contribution in [-0.2, 0) is 4.74 Å². The van der Waals surface area contributed by atoms with Gasteiger partial charge in [-0.3, -0.25) is 0 Å². The van der Waals surface area contributed by atoms with Crippen molar-refractivity contribution in [1.82, 2.24) is 0 Å². The number of rotatable bonds is 3. The summed E-state index contributed by atoms with van der Waals surface area (Å²) >= 11 is 0. The maximum Gasteiger partial charge on any atom is 0.0798 e. The molecular formula is C10H19NO2. The van der Waals surface area contributed by atoms with Gasteiger partial charge >= 0.3 is 0 Å². The maximum absolute atomic E-state index is 9.97. The topological polar surface area (TPSA) is 55.5 Å². The minimum atomic E-state index is -0.539. The number of nitrogens with two attached hydrogens (primary N) is 1. The van der Waals surface area contributed by atoms with E-state index in [1.807, 2.05) is 0 Å². The van der Waals surface area contributed by atoms with E-state index in [9.17, 15) is 5.11 Å². The van der Waals surface area contributed by atoms with E-state index in [2.05, 4.69) is 0 Å². The van der Waals surface area contributed by atoms with Crippen LogP contribution < -0.4 is 5.73 Å². The third-order valence-corrected chi connectivity index (χ3v) is 3.52. The first-order chi connectivity index (χ1) is 6.21. The lowest BCUT2D eigenvalue weighted by Gasteiger charge is -2.42. The molecule has 0 aromatic rings.